The second-order valence-electron chi connectivity index (χ2n) is 8.35. The minimum Gasteiger partial charge on any atom is -0.292 e. The molecule has 3 fully saturated rings. The summed E-state index contributed by atoms with van der Waals surface area (Å²) in [7, 11) is 0. The van der Waals surface area contributed by atoms with Gasteiger partial charge in [0.05, 0.1) is 23.6 Å². The van der Waals surface area contributed by atoms with Gasteiger partial charge in [0.2, 0.25) is 11.8 Å². The molecule has 0 saturated carbocycles. The second kappa shape index (κ2) is 7.33. The fourth-order valence-corrected chi connectivity index (χ4v) is 5.56. The SMILES string of the molecule is CCc1ccc(N2C(=O)[C@@H]3[C@H](C2=O)[C@H](C(=O)c2ccc(Cl)cc2)N2CCC[C@@H]32)cc1. The lowest BCUT2D eigenvalue weighted by molar-refractivity contribution is -0.123. The van der Waals surface area contributed by atoms with Crippen LogP contribution in [0, 0.1) is 11.8 Å². The summed E-state index contributed by atoms with van der Waals surface area (Å²) >= 11 is 5.98. The van der Waals surface area contributed by atoms with Crippen molar-refractivity contribution >= 4 is 34.9 Å². The molecule has 3 saturated heterocycles. The Hall–Kier alpha value is -2.50. The lowest BCUT2D eigenvalue weighted by atomic mass is 9.85. The van der Waals surface area contributed by atoms with Gasteiger partial charge in [0.25, 0.3) is 0 Å². The number of anilines is 1. The van der Waals surface area contributed by atoms with E-state index in [2.05, 4.69) is 11.8 Å². The van der Waals surface area contributed by atoms with Gasteiger partial charge in [-0.15, -0.1) is 0 Å². The number of ketones is 1. The monoisotopic (exact) mass is 422 g/mol. The van der Waals surface area contributed by atoms with Crippen LogP contribution in [0.5, 0.6) is 0 Å². The molecule has 6 heteroatoms. The number of hydrogen-bond donors (Lipinski definition) is 0. The van der Waals surface area contributed by atoms with Crippen LogP contribution < -0.4 is 4.90 Å². The smallest absolute Gasteiger partial charge is 0.239 e. The fraction of sp³-hybridized carbons (Fsp3) is 0.375. The highest BCUT2D eigenvalue weighted by atomic mass is 35.5. The van der Waals surface area contributed by atoms with Gasteiger partial charge in [-0.05, 0) is 67.8 Å². The van der Waals surface area contributed by atoms with Crippen molar-refractivity contribution in [2.45, 2.75) is 38.3 Å². The number of amides is 2. The number of carbonyl (C=O) groups is 3. The molecule has 3 heterocycles. The number of fused-ring (bicyclic) bond motifs is 3. The van der Waals surface area contributed by atoms with Gasteiger partial charge < -0.3 is 0 Å². The number of Topliss-reactive ketones (excluding diaryl/α,β-unsaturated/α-hetero) is 1. The molecule has 2 aromatic rings. The van der Waals surface area contributed by atoms with Crippen LogP contribution in [0.2, 0.25) is 5.02 Å². The zero-order valence-electron chi connectivity index (χ0n) is 16.8. The van der Waals surface area contributed by atoms with E-state index in [1.807, 2.05) is 24.3 Å². The predicted octanol–water partition coefficient (Wildman–Crippen LogP) is 3.74. The third-order valence-corrected chi connectivity index (χ3v) is 7.10. The minimum atomic E-state index is -0.628. The van der Waals surface area contributed by atoms with Gasteiger partial charge in [0.1, 0.15) is 0 Å². The van der Waals surface area contributed by atoms with Gasteiger partial charge in [-0.1, -0.05) is 30.7 Å². The predicted molar refractivity (Wildman–Crippen MR) is 115 cm³/mol. The maximum absolute atomic E-state index is 13.5. The van der Waals surface area contributed by atoms with E-state index in [0.717, 1.165) is 31.4 Å². The zero-order chi connectivity index (χ0) is 21.0. The fourth-order valence-electron chi connectivity index (χ4n) is 5.44. The molecule has 0 aliphatic carbocycles. The van der Waals surface area contributed by atoms with Crippen LogP contribution in [0.3, 0.4) is 0 Å². The summed E-state index contributed by atoms with van der Waals surface area (Å²) in [5.41, 5.74) is 2.27. The lowest BCUT2D eigenvalue weighted by Crippen LogP contribution is -2.46. The summed E-state index contributed by atoms with van der Waals surface area (Å²) in [6, 6.07) is 13.7. The molecule has 2 amide bonds. The van der Waals surface area contributed by atoms with Gasteiger partial charge in [-0.25, -0.2) is 4.90 Å². The van der Waals surface area contributed by atoms with Gasteiger partial charge in [0.15, 0.2) is 5.78 Å². The van der Waals surface area contributed by atoms with E-state index in [1.165, 1.54) is 4.90 Å². The van der Waals surface area contributed by atoms with Gasteiger partial charge in [0, 0.05) is 16.6 Å². The molecular formula is C24H23ClN2O3. The number of rotatable bonds is 4. The largest absolute Gasteiger partial charge is 0.292 e. The minimum absolute atomic E-state index is 0.0485. The third-order valence-electron chi connectivity index (χ3n) is 6.85. The van der Waals surface area contributed by atoms with E-state index in [-0.39, 0.29) is 23.6 Å². The van der Waals surface area contributed by atoms with Crippen molar-refractivity contribution in [2.24, 2.45) is 11.8 Å². The molecule has 3 aliphatic rings. The average Bonchev–Trinajstić information content (AvgIpc) is 3.40. The van der Waals surface area contributed by atoms with E-state index in [9.17, 15) is 14.4 Å². The highest BCUT2D eigenvalue weighted by molar-refractivity contribution is 6.30. The summed E-state index contributed by atoms with van der Waals surface area (Å²) in [6.45, 7) is 2.81. The van der Waals surface area contributed by atoms with Crippen LogP contribution in [-0.4, -0.2) is 41.1 Å². The number of hydrogen-bond acceptors (Lipinski definition) is 4. The topological polar surface area (TPSA) is 57.7 Å². The van der Waals surface area contributed by atoms with Gasteiger partial charge >= 0.3 is 0 Å². The molecule has 3 aliphatic heterocycles. The van der Waals surface area contributed by atoms with Crippen molar-refractivity contribution in [3.05, 3.63) is 64.7 Å². The van der Waals surface area contributed by atoms with E-state index < -0.39 is 17.9 Å². The Morgan fingerprint density at radius 3 is 2.33 bits per heavy atom. The Morgan fingerprint density at radius 1 is 1.00 bits per heavy atom. The molecule has 30 heavy (non-hydrogen) atoms. The first-order valence-electron chi connectivity index (χ1n) is 10.5. The third kappa shape index (κ3) is 2.83. The Morgan fingerprint density at radius 2 is 1.67 bits per heavy atom. The number of imide groups is 1. The van der Waals surface area contributed by atoms with Crippen molar-refractivity contribution in [3.8, 4) is 0 Å². The molecule has 2 aromatic carbocycles. The molecule has 154 valence electrons. The van der Waals surface area contributed by atoms with E-state index >= 15 is 0 Å². The average molecular weight is 423 g/mol. The standard InChI is InChI=1S/C24H23ClN2O3/c1-2-14-5-11-17(12-6-14)27-23(29)19-18-4-3-13-26(18)21(20(19)24(27)30)22(28)15-7-9-16(25)10-8-15/h5-12,18-21H,2-4,13H2,1H3/t18-,19-,20-,21+/m0/s1. The summed E-state index contributed by atoms with van der Waals surface area (Å²) < 4.78 is 0. The molecule has 0 unspecified atom stereocenters. The molecule has 4 atom stereocenters. The summed E-state index contributed by atoms with van der Waals surface area (Å²) in [5, 5.41) is 0.559. The van der Waals surface area contributed by atoms with E-state index in [4.69, 9.17) is 11.6 Å². The summed E-state index contributed by atoms with van der Waals surface area (Å²) in [6.07, 6.45) is 2.67. The molecule has 0 radical (unpaired) electrons. The Kier molecular flexibility index (Phi) is 4.75. The maximum Gasteiger partial charge on any atom is 0.239 e. The first kappa shape index (κ1) is 19.5. The first-order valence-corrected chi connectivity index (χ1v) is 10.9. The van der Waals surface area contributed by atoms with Crippen LogP contribution in [0.15, 0.2) is 48.5 Å². The molecule has 0 spiro atoms. The second-order valence-corrected chi connectivity index (χ2v) is 8.78. The number of halogens is 1. The Bertz CT molecular complexity index is 1020. The van der Waals surface area contributed by atoms with Crippen LogP contribution in [-0.2, 0) is 16.0 Å². The van der Waals surface area contributed by atoms with Gasteiger partial charge in [-0.3, -0.25) is 19.3 Å². The first-order chi connectivity index (χ1) is 14.5. The zero-order valence-corrected chi connectivity index (χ0v) is 17.5. The summed E-state index contributed by atoms with van der Waals surface area (Å²) in [4.78, 5) is 43.7. The van der Waals surface area contributed by atoms with E-state index in [1.54, 1.807) is 24.3 Å². The molecule has 0 aromatic heterocycles. The molecule has 0 bridgehead atoms. The number of aryl methyl sites for hydroxylation is 1. The number of carbonyl (C=O) groups excluding carboxylic acids is 3. The molecule has 0 N–H and O–H groups in total. The van der Waals surface area contributed by atoms with Crippen LogP contribution in [0.1, 0.15) is 35.7 Å². The van der Waals surface area contributed by atoms with Crippen molar-refractivity contribution in [1.82, 2.24) is 4.90 Å². The van der Waals surface area contributed by atoms with E-state index in [0.29, 0.717) is 16.3 Å². The summed E-state index contributed by atoms with van der Waals surface area (Å²) in [5.74, 6) is -1.60. The van der Waals surface area contributed by atoms with Crippen LogP contribution in [0.4, 0.5) is 5.69 Å². The molecule has 5 nitrogen and oxygen atoms in total. The van der Waals surface area contributed by atoms with Crippen molar-refractivity contribution in [1.29, 1.82) is 0 Å². The van der Waals surface area contributed by atoms with Crippen LogP contribution >= 0.6 is 11.6 Å². The van der Waals surface area contributed by atoms with Crippen molar-refractivity contribution < 1.29 is 14.4 Å². The lowest BCUT2D eigenvalue weighted by Gasteiger charge is -2.27. The Balaban J connectivity index is 1.52. The highest BCUT2D eigenvalue weighted by Crippen LogP contribution is 2.48. The van der Waals surface area contributed by atoms with Crippen molar-refractivity contribution in [3.63, 3.8) is 0 Å². The van der Waals surface area contributed by atoms with Crippen LogP contribution in [0.25, 0.3) is 0 Å². The van der Waals surface area contributed by atoms with Crippen molar-refractivity contribution in [2.75, 3.05) is 11.4 Å². The normalized spacial score (nSPS) is 28.1. The van der Waals surface area contributed by atoms with Gasteiger partial charge in [-0.2, -0.15) is 0 Å². The number of benzene rings is 2. The molecular weight excluding hydrogens is 400 g/mol. The quantitative estimate of drug-likeness (QED) is 0.556. The Labute approximate surface area is 180 Å². The number of nitrogens with zero attached hydrogens (tertiary/aromatic N) is 2. The maximum atomic E-state index is 13.5. The molecule has 5 rings (SSSR count). The highest BCUT2D eigenvalue weighted by Gasteiger charge is 2.64.